The highest BCUT2D eigenvalue weighted by Crippen LogP contribution is 2.23. The average Bonchev–Trinajstić information content (AvgIpc) is 2.46. The molecule has 3 heteroatoms. The summed E-state index contributed by atoms with van der Waals surface area (Å²) < 4.78 is 5.75. The van der Waals surface area contributed by atoms with E-state index in [1.165, 1.54) is 30.4 Å². The summed E-state index contributed by atoms with van der Waals surface area (Å²) in [6.07, 6.45) is 3.42. The third kappa shape index (κ3) is 5.01. The number of hydrogen-bond acceptors (Lipinski definition) is 3. The molecule has 1 aliphatic rings. The predicted octanol–water partition coefficient (Wildman–Crippen LogP) is 3.34. The molecule has 0 aromatic heterocycles. The molecule has 1 unspecified atom stereocenters. The Morgan fingerprint density at radius 2 is 1.90 bits per heavy atom. The molecule has 1 atom stereocenters. The maximum absolute atomic E-state index is 10.1. The molecule has 1 heterocycles. The van der Waals surface area contributed by atoms with Crippen LogP contribution in [0.15, 0.2) is 18.2 Å². The number of hydrogen-bond donors (Lipinski definition) is 1. The number of aliphatic hydroxyl groups excluding tert-OH is 1. The van der Waals surface area contributed by atoms with E-state index >= 15 is 0 Å². The first kappa shape index (κ1) is 16.3. The average molecular weight is 291 g/mol. The van der Waals surface area contributed by atoms with Gasteiger partial charge in [0.05, 0.1) is 0 Å². The number of nitrogens with zero attached hydrogens (tertiary/aromatic N) is 1. The second-order valence-corrected chi connectivity index (χ2v) is 6.50. The van der Waals surface area contributed by atoms with E-state index in [0.717, 1.165) is 25.4 Å². The molecule has 1 aromatic carbocycles. The van der Waals surface area contributed by atoms with Crippen LogP contribution in [-0.2, 0) is 0 Å². The standard InChI is InChI=1S/C18H29NO2/c1-14(2)18-8-7-17(11-15(18)3)21-13-16(20)12-19-9-5-4-6-10-19/h7-8,11,14,16,20H,4-6,9-10,12-13H2,1-3H3. The number of aliphatic hydroxyl groups is 1. The topological polar surface area (TPSA) is 32.7 Å². The van der Waals surface area contributed by atoms with Crippen LogP contribution in [0.25, 0.3) is 0 Å². The molecule has 118 valence electrons. The molecule has 21 heavy (non-hydrogen) atoms. The number of piperidine rings is 1. The molecule has 2 rings (SSSR count). The summed E-state index contributed by atoms with van der Waals surface area (Å²) in [5.74, 6) is 1.39. The first-order valence-corrected chi connectivity index (χ1v) is 8.20. The number of aryl methyl sites for hydroxylation is 1. The molecule has 0 aliphatic carbocycles. The van der Waals surface area contributed by atoms with Crippen molar-refractivity contribution in [3.8, 4) is 5.75 Å². The van der Waals surface area contributed by atoms with Crippen LogP contribution in [0.4, 0.5) is 0 Å². The Hall–Kier alpha value is -1.06. The fourth-order valence-corrected chi connectivity index (χ4v) is 3.07. The Morgan fingerprint density at radius 3 is 2.52 bits per heavy atom. The third-order valence-electron chi connectivity index (χ3n) is 4.22. The second-order valence-electron chi connectivity index (χ2n) is 6.50. The molecule has 0 bridgehead atoms. The zero-order valence-electron chi connectivity index (χ0n) is 13.6. The van der Waals surface area contributed by atoms with Crippen LogP contribution >= 0.6 is 0 Å². The third-order valence-corrected chi connectivity index (χ3v) is 4.22. The predicted molar refractivity (Wildman–Crippen MR) is 87.1 cm³/mol. The second kappa shape index (κ2) is 7.81. The van der Waals surface area contributed by atoms with Gasteiger partial charge in [-0.05, 0) is 62.0 Å². The van der Waals surface area contributed by atoms with Gasteiger partial charge in [0.1, 0.15) is 18.5 Å². The molecule has 0 saturated carbocycles. The van der Waals surface area contributed by atoms with Crippen LogP contribution in [0.5, 0.6) is 5.75 Å². The Balaban J connectivity index is 1.80. The van der Waals surface area contributed by atoms with Gasteiger partial charge in [-0.15, -0.1) is 0 Å². The Labute approximate surface area is 128 Å². The van der Waals surface area contributed by atoms with Gasteiger partial charge >= 0.3 is 0 Å². The summed E-state index contributed by atoms with van der Waals surface area (Å²) in [6, 6.07) is 6.21. The van der Waals surface area contributed by atoms with E-state index in [1.54, 1.807) is 0 Å². The van der Waals surface area contributed by atoms with E-state index < -0.39 is 6.10 Å². The maximum atomic E-state index is 10.1. The fourth-order valence-electron chi connectivity index (χ4n) is 3.07. The minimum Gasteiger partial charge on any atom is -0.491 e. The van der Waals surface area contributed by atoms with Crippen LogP contribution in [0.3, 0.4) is 0 Å². The van der Waals surface area contributed by atoms with Gasteiger partial charge in [0.2, 0.25) is 0 Å². The van der Waals surface area contributed by atoms with Crippen molar-refractivity contribution >= 4 is 0 Å². The van der Waals surface area contributed by atoms with E-state index in [-0.39, 0.29) is 0 Å². The van der Waals surface area contributed by atoms with Crippen molar-refractivity contribution in [1.82, 2.24) is 4.90 Å². The molecule has 1 aromatic rings. The van der Waals surface area contributed by atoms with Gasteiger partial charge in [-0.2, -0.15) is 0 Å². The molecule has 0 radical (unpaired) electrons. The van der Waals surface area contributed by atoms with E-state index in [9.17, 15) is 5.11 Å². The highest BCUT2D eigenvalue weighted by atomic mass is 16.5. The van der Waals surface area contributed by atoms with Crippen LogP contribution in [0.1, 0.15) is 50.2 Å². The number of ether oxygens (including phenoxy) is 1. The minimum absolute atomic E-state index is 0.372. The number of β-amino-alcohol motifs (C(OH)–C–C–N with tert-alkyl or cyclic N) is 1. The Morgan fingerprint density at radius 1 is 1.19 bits per heavy atom. The van der Waals surface area contributed by atoms with E-state index in [4.69, 9.17) is 4.74 Å². The normalized spacial score (nSPS) is 18.0. The van der Waals surface area contributed by atoms with Gasteiger partial charge in [0.25, 0.3) is 0 Å². The van der Waals surface area contributed by atoms with Crippen molar-refractivity contribution in [2.24, 2.45) is 0 Å². The highest BCUT2D eigenvalue weighted by Gasteiger charge is 2.15. The molecule has 0 amide bonds. The molecule has 1 fully saturated rings. The number of benzene rings is 1. The Bertz CT molecular complexity index is 439. The lowest BCUT2D eigenvalue weighted by Gasteiger charge is -2.28. The van der Waals surface area contributed by atoms with Crippen molar-refractivity contribution in [1.29, 1.82) is 0 Å². The first-order chi connectivity index (χ1) is 10.1. The zero-order chi connectivity index (χ0) is 15.2. The summed E-state index contributed by atoms with van der Waals surface area (Å²) in [7, 11) is 0. The molecular formula is C18H29NO2. The van der Waals surface area contributed by atoms with Gasteiger partial charge < -0.3 is 14.7 Å². The lowest BCUT2D eigenvalue weighted by molar-refractivity contribution is 0.0617. The van der Waals surface area contributed by atoms with Crippen LogP contribution in [0.2, 0.25) is 0 Å². The molecule has 3 nitrogen and oxygen atoms in total. The SMILES string of the molecule is Cc1cc(OCC(O)CN2CCCCC2)ccc1C(C)C. The summed E-state index contributed by atoms with van der Waals surface area (Å²) >= 11 is 0. The van der Waals surface area contributed by atoms with E-state index in [2.05, 4.69) is 37.8 Å². The summed E-state index contributed by atoms with van der Waals surface area (Å²) in [4.78, 5) is 2.34. The number of rotatable bonds is 6. The van der Waals surface area contributed by atoms with Gasteiger partial charge in [-0.1, -0.05) is 26.3 Å². The molecule has 1 aliphatic heterocycles. The molecular weight excluding hydrogens is 262 g/mol. The van der Waals surface area contributed by atoms with Crippen molar-refractivity contribution in [2.75, 3.05) is 26.2 Å². The van der Waals surface area contributed by atoms with Gasteiger partial charge in [-0.25, -0.2) is 0 Å². The highest BCUT2D eigenvalue weighted by molar-refractivity contribution is 5.36. The van der Waals surface area contributed by atoms with Crippen molar-refractivity contribution in [3.05, 3.63) is 29.3 Å². The first-order valence-electron chi connectivity index (χ1n) is 8.20. The quantitative estimate of drug-likeness (QED) is 0.872. The smallest absolute Gasteiger partial charge is 0.119 e. The zero-order valence-corrected chi connectivity index (χ0v) is 13.6. The van der Waals surface area contributed by atoms with Crippen LogP contribution < -0.4 is 4.74 Å². The summed E-state index contributed by atoms with van der Waals surface area (Å²) in [6.45, 7) is 9.83. The van der Waals surface area contributed by atoms with E-state index in [1.807, 2.05) is 6.07 Å². The van der Waals surface area contributed by atoms with Crippen molar-refractivity contribution < 1.29 is 9.84 Å². The van der Waals surface area contributed by atoms with Gasteiger partial charge in [0.15, 0.2) is 0 Å². The molecule has 1 saturated heterocycles. The Kier molecular flexibility index (Phi) is 6.07. The van der Waals surface area contributed by atoms with Gasteiger partial charge in [-0.3, -0.25) is 0 Å². The van der Waals surface area contributed by atoms with Crippen molar-refractivity contribution in [3.63, 3.8) is 0 Å². The number of likely N-dealkylation sites (tertiary alicyclic amines) is 1. The fraction of sp³-hybridized carbons (Fsp3) is 0.667. The largest absolute Gasteiger partial charge is 0.491 e. The molecule has 0 spiro atoms. The monoisotopic (exact) mass is 291 g/mol. The maximum Gasteiger partial charge on any atom is 0.119 e. The lowest BCUT2D eigenvalue weighted by atomic mass is 9.98. The van der Waals surface area contributed by atoms with Gasteiger partial charge in [0, 0.05) is 6.54 Å². The minimum atomic E-state index is -0.409. The summed E-state index contributed by atoms with van der Waals surface area (Å²) in [5.41, 5.74) is 2.62. The van der Waals surface area contributed by atoms with Crippen LogP contribution in [-0.4, -0.2) is 42.4 Å². The van der Waals surface area contributed by atoms with Crippen molar-refractivity contribution in [2.45, 2.75) is 52.1 Å². The summed E-state index contributed by atoms with van der Waals surface area (Å²) in [5, 5.41) is 10.1. The lowest BCUT2D eigenvalue weighted by Crippen LogP contribution is -2.38. The van der Waals surface area contributed by atoms with Crippen LogP contribution in [0, 0.1) is 6.92 Å². The molecule has 1 N–H and O–H groups in total. The van der Waals surface area contributed by atoms with E-state index in [0.29, 0.717) is 12.5 Å².